The van der Waals surface area contributed by atoms with Gasteiger partial charge in [0.2, 0.25) is 0 Å². The van der Waals surface area contributed by atoms with E-state index in [1.54, 1.807) is 5.56 Å². The van der Waals surface area contributed by atoms with Crippen molar-refractivity contribution in [2.75, 3.05) is 26.4 Å². The Morgan fingerprint density at radius 3 is 2.89 bits per heavy atom. The maximum Gasteiger partial charge on any atom is 0.0484 e. The summed E-state index contributed by atoms with van der Waals surface area (Å²) in [4.78, 5) is 3.72. The Bertz CT molecular complexity index is 545. The van der Waals surface area contributed by atoms with Crippen LogP contribution in [0.2, 0.25) is 0 Å². The molecule has 3 N–H and O–H groups in total. The number of hydrogen-bond acceptors (Lipinski definition) is 3. The molecular weight excluding hydrogens is 242 g/mol. The first-order valence-electron chi connectivity index (χ1n) is 6.14. The van der Waals surface area contributed by atoms with Gasteiger partial charge in [0.1, 0.15) is 0 Å². The van der Waals surface area contributed by atoms with Gasteiger partial charge in [0.05, 0.1) is 0 Å². The first-order chi connectivity index (χ1) is 8.25. The second-order valence-electron chi connectivity index (χ2n) is 4.89. The molecule has 1 aromatic heterocycles. The molecule has 1 aliphatic rings. The second kappa shape index (κ2) is 5.34. The third-order valence-electron chi connectivity index (χ3n) is 3.42. The van der Waals surface area contributed by atoms with Gasteiger partial charge in [-0.05, 0) is 44.3 Å². The van der Waals surface area contributed by atoms with Crippen LogP contribution in [0.15, 0.2) is 29.3 Å². The molecule has 0 atom stereocenters. The van der Waals surface area contributed by atoms with Gasteiger partial charge in [-0.1, -0.05) is 0 Å². The number of likely N-dealkylation sites (N-methyl/N-ethyl adjacent to an activating group) is 1. The van der Waals surface area contributed by atoms with Crippen LogP contribution in [0.5, 0.6) is 0 Å². The summed E-state index contributed by atoms with van der Waals surface area (Å²) in [6.07, 6.45) is 3.46. The summed E-state index contributed by atoms with van der Waals surface area (Å²) in [5.74, 6) is 1.25. The third-order valence-corrected chi connectivity index (χ3v) is 4.52. The van der Waals surface area contributed by atoms with E-state index in [1.807, 2.05) is 11.8 Å². The highest BCUT2D eigenvalue weighted by Crippen LogP contribution is 2.36. The molecule has 0 amide bonds. The van der Waals surface area contributed by atoms with Gasteiger partial charge in [-0.25, -0.2) is 0 Å². The van der Waals surface area contributed by atoms with E-state index < -0.39 is 0 Å². The van der Waals surface area contributed by atoms with Crippen molar-refractivity contribution in [3.63, 3.8) is 0 Å². The number of thioether (sulfide) groups is 1. The van der Waals surface area contributed by atoms with E-state index in [9.17, 15) is 0 Å². The van der Waals surface area contributed by atoms with Crippen molar-refractivity contribution in [3.8, 4) is 0 Å². The lowest BCUT2D eigenvalue weighted by Crippen LogP contribution is -2.17. The number of hydrogen-bond donors (Lipinski definition) is 1. The largest absolute Gasteiger partial charge is 0.346 e. The van der Waals surface area contributed by atoms with Gasteiger partial charge in [-0.3, -0.25) is 0 Å². The molecule has 18 heavy (non-hydrogen) atoms. The molecular formula is C14H21N3S. The molecule has 0 unspecified atom stereocenters. The Balaban J connectivity index is 0.00000120. The Morgan fingerprint density at radius 1 is 1.28 bits per heavy atom. The van der Waals surface area contributed by atoms with Crippen LogP contribution < -0.4 is 6.15 Å². The zero-order valence-electron chi connectivity index (χ0n) is 11.1. The average molecular weight is 263 g/mol. The van der Waals surface area contributed by atoms with Crippen LogP contribution >= 0.6 is 11.8 Å². The van der Waals surface area contributed by atoms with Gasteiger partial charge in [0, 0.05) is 40.8 Å². The molecule has 0 saturated heterocycles. The number of nitrogens with zero attached hydrogens (tertiary/aromatic N) is 2. The summed E-state index contributed by atoms with van der Waals surface area (Å²) in [6, 6.07) is 6.86. The van der Waals surface area contributed by atoms with Crippen LogP contribution in [-0.4, -0.2) is 35.9 Å². The number of fused-ring (bicyclic) bond motifs is 3. The fourth-order valence-electron chi connectivity index (χ4n) is 2.47. The normalized spacial score (nSPS) is 13.9. The van der Waals surface area contributed by atoms with Crippen molar-refractivity contribution in [1.82, 2.24) is 15.6 Å². The molecule has 0 bridgehead atoms. The van der Waals surface area contributed by atoms with Crippen molar-refractivity contribution < 1.29 is 0 Å². The topological polar surface area (TPSA) is 43.2 Å². The van der Waals surface area contributed by atoms with Crippen LogP contribution in [-0.2, 0) is 13.0 Å². The smallest absolute Gasteiger partial charge is 0.0484 e. The summed E-state index contributed by atoms with van der Waals surface area (Å²) in [7, 11) is 4.25. The molecule has 1 aromatic carbocycles. The van der Waals surface area contributed by atoms with Gasteiger partial charge >= 0.3 is 0 Å². The highest BCUT2D eigenvalue weighted by atomic mass is 32.2. The van der Waals surface area contributed by atoms with E-state index in [1.165, 1.54) is 28.0 Å². The number of benzene rings is 1. The highest BCUT2D eigenvalue weighted by molar-refractivity contribution is 7.99. The van der Waals surface area contributed by atoms with Gasteiger partial charge in [0.25, 0.3) is 0 Å². The van der Waals surface area contributed by atoms with E-state index >= 15 is 0 Å². The van der Waals surface area contributed by atoms with Gasteiger partial charge in [-0.15, -0.1) is 11.8 Å². The molecule has 1 aliphatic heterocycles. The molecule has 98 valence electrons. The number of aryl methyl sites for hydroxylation is 1. The lowest BCUT2D eigenvalue weighted by molar-refractivity contribution is 0.387. The maximum absolute atomic E-state index is 2.37. The van der Waals surface area contributed by atoms with Crippen molar-refractivity contribution in [2.45, 2.75) is 17.9 Å². The minimum Gasteiger partial charge on any atom is -0.346 e. The quantitative estimate of drug-likeness (QED) is 0.925. The molecule has 2 aromatic rings. The Kier molecular flexibility index (Phi) is 4.00. The van der Waals surface area contributed by atoms with E-state index in [-0.39, 0.29) is 6.15 Å². The van der Waals surface area contributed by atoms with E-state index in [0.717, 1.165) is 13.1 Å². The number of aromatic nitrogens is 1. The van der Waals surface area contributed by atoms with Gasteiger partial charge in [0.15, 0.2) is 0 Å². The van der Waals surface area contributed by atoms with Crippen molar-refractivity contribution >= 4 is 22.7 Å². The zero-order chi connectivity index (χ0) is 11.8. The lowest BCUT2D eigenvalue weighted by atomic mass is 10.1. The van der Waals surface area contributed by atoms with Crippen LogP contribution in [0.4, 0.5) is 0 Å². The van der Waals surface area contributed by atoms with Crippen LogP contribution in [0.3, 0.4) is 0 Å². The standard InChI is InChI=1S/C14H18N2S.H3N/c1-15(2)8-9-16-7-5-11-12-6-10-17-14(12)4-3-13(11)16;/h3-5,7H,6,8-10H2,1-2H3;1H3. The molecule has 3 nitrogen and oxygen atoms in total. The highest BCUT2D eigenvalue weighted by Gasteiger charge is 2.15. The molecule has 4 heteroatoms. The SMILES string of the molecule is CN(C)CCn1ccc2c3c(ccc21)SCC3.N. The first-order valence-corrected chi connectivity index (χ1v) is 7.12. The Labute approximate surface area is 113 Å². The Hall–Kier alpha value is -0.970. The van der Waals surface area contributed by atoms with E-state index in [0.29, 0.717) is 0 Å². The van der Waals surface area contributed by atoms with Gasteiger partial charge < -0.3 is 15.6 Å². The van der Waals surface area contributed by atoms with Crippen molar-refractivity contribution in [1.29, 1.82) is 0 Å². The molecule has 0 saturated carbocycles. The summed E-state index contributed by atoms with van der Waals surface area (Å²) in [5.41, 5.74) is 2.96. The molecule has 0 aliphatic carbocycles. The zero-order valence-corrected chi connectivity index (χ0v) is 12.0. The summed E-state index contributed by atoms with van der Waals surface area (Å²) >= 11 is 1.99. The lowest BCUT2D eigenvalue weighted by Gasteiger charge is -2.11. The molecule has 0 spiro atoms. The third kappa shape index (κ3) is 2.28. The van der Waals surface area contributed by atoms with Crippen LogP contribution in [0, 0.1) is 0 Å². The fraction of sp³-hybridized carbons (Fsp3) is 0.429. The van der Waals surface area contributed by atoms with Crippen LogP contribution in [0.25, 0.3) is 10.9 Å². The molecule has 3 rings (SSSR count). The molecule has 0 radical (unpaired) electrons. The predicted molar refractivity (Wildman–Crippen MR) is 79.9 cm³/mol. The summed E-state index contributed by atoms with van der Waals surface area (Å²) < 4.78 is 2.37. The molecule has 2 heterocycles. The minimum atomic E-state index is 0. The summed E-state index contributed by atoms with van der Waals surface area (Å²) in [5, 5.41) is 1.46. The predicted octanol–water partition coefficient (Wildman–Crippen LogP) is 3.01. The van der Waals surface area contributed by atoms with Gasteiger partial charge in [-0.2, -0.15) is 0 Å². The van der Waals surface area contributed by atoms with Crippen molar-refractivity contribution in [2.24, 2.45) is 0 Å². The number of rotatable bonds is 3. The summed E-state index contributed by atoms with van der Waals surface area (Å²) in [6.45, 7) is 2.16. The Morgan fingerprint density at radius 2 is 2.11 bits per heavy atom. The van der Waals surface area contributed by atoms with Crippen LogP contribution in [0.1, 0.15) is 5.56 Å². The maximum atomic E-state index is 2.37. The molecule has 0 fully saturated rings. The minimum absolute atomic E-state index is 0. The van der Waals surface area contributed by atoms with Crippen molar-refractivity contribution in [3.05, 3.63) is 30.0 Å². The monoisotopic (exact) mass is 263 g/mol. The van der Waals surface area contributed by atoms with E-state index in [4.69, 9.17) is 0 Å². The van der Waals surface area contributed by atoms with E-state index in [2.05, 4.69) is 48.0 Å². The fourth-order valence-corrected chi connectivity index (χ4v) is 3.55. The average Bonchev–Trinajstić information content (AvgIpc) is 2.91. The second-order valence-corrected chi connectivity index (χ2v) is 6.02. The first kappa shape index (κ1) is 13.5.